The molecule has 0 fully saturated rings. The van der Waals surface area contributed by atoms with Gasteiger partial charge in [0.15, 0.2) is 0 Å². The molecule has 2 N–H and O–H groups in total. The van der Waals surface area contributed by atoms with Crippen molar-refractivity contribution >= 4 is 11.8 Å². The van der Waals surface area contributed by atoms with Crippen molar-refractivity contribution in [3.05, 3.63) is 0 Å². The summed E-state index contributed by atoms with van der Waals surface area (Å²) >= 11 is 0. The maximum absolute atomic E-state index is 11.1. The highest BCUT2D eigenvalue weighted by molar-refractivity contribution is 6.35. The number of hydrogen-bond donors (Lipinski definition) is 2. The Labute approximate surface area is 106 Å². The van der Waals surface area contributed by atoms with Gasteiger partial charge in [-0.05, 0) is 12.8 Å². The fraction of sp³-hybridized carbons (Fsp3) is 0.727. The molecule has 0 radical (unpaired) electrons. The van der Waals surface area contributed by atoms with Gasteiger partial charge in [0.05, 0.1) is 19.3 Å². The Morgan fingerprint density at radius 3 is 2.50 bits per heavy atom. The van der Waals surface area contributed by atoms with Gasteiger partial charge in [-0.2, -0.15) is 5.26 Å². The van der Waals surface area contributed by atoms with Crippen LogP contribution in [-0.2, 0) is 19.1 Å². The molecule has 0 spiro atoms. The lowest BCUT2D eigenvalue weighted by Crippen LogP contribution is -2.40. The van der Waals surface area contributed by atoms with E-state index >= 15 is 0 Å². The first-order chi connectivity index (χ1) is 8.72. The van der Waals surface area contributed by atoms with Crippen molar-refractivity contribution in [3.63, 3.8) is 0 Å². The number of nitriles is 1. The second-order valence-electron chi connectivity index (χ2n) is 3.41. The van der Waals surface area contributed by atoms with Crippen molar-refractivity contribution in [2.24, 2.45) is 0 Å². The summed E-state index contributed by atoms with van der Waals surface area (Å²) in [6, 6.07) is 1.72. The largest absolute Gasteiger partial charge is 0.382 e. The van der Waals surface area contributed by atoms with Gasteiger partial charge in [-0.15, -0.1) is 0 Å². The van der Waals surface area contributed by atoms with Crippen LogP contribution < -0.4 is 10.6 Å². The van der Waals surface area contributed by atoms with Gasteiger partial charge in [0, 0.05) is 20.3 Å². The summed E-state index contributed by atoms with van der Waals surface area (Å²) in [4.78, 5) is 22.2. The first kappa shape index (κ1) is 16.4. The number of rotatable bonds is 9. The first-order valence-electron chi connectivity index (χ1n) is 5.72. The SMILES string of the molecule is COCCOCCCCNC(=O)C(=O)NCC#N. The Morgan fingerprint density at radius 1 is 1.11 bits per heavy atom. The third kappa shape index (κ3) is 9.57. The van der Waals surface area contributed by atoms with Crippen LogP contribution in [0.3, 0.4) is 0 Å². The lowest BCUT2D eigenvalue weighted by Gasteiger charge is -2.05. The van der Waals surface area contributed by atoms with Crippen LogP contribution >= 0.6 is 0 Å². The fourth-order valence-corrected chi connectivity index (χ4v) is 1.06. The molecule has 2 amide bonds. The number of methoxy groups -OCH3 is 1. The predicted molar refractivity (Wildman–Crippen MR) is 63.6 cm³/mol. The highest BCUT2D eigenvalue weighted by Crippen LogP contribution is 1.88. The van der Waals surface area contributed by atoms with Crippen LogP contribution in [-0.4, -0.2) is 51.8 Å². The van der Waals surface area contributed by atoms with E-state index in [2.05, 4.69) is 10.6 Å². The zero-order chi connectivity index (χ0) is 13.6. The van der Waals surface area contributed by atoms with Gasteiger partial charge >= 0.3 is 11.8 Å². The summed E-state index contributed by atoms with van der Waals surface area (Å²) in [6.45, 7) is 1.96. The van der Waals surface area contributed by atoms with Crippen molar-refractivity contribution in [1.82, 2.24) is 10.6 Å². The molecule has 7 heteroatoms. The third-order valence-corrected chi connectivity index (χ3v) is 1.97. The molecule has 102 valence electrons. The van der Waals surface area contributed by atoms with E-state index in [-0.39, 0.29) is 6.54 Å². The standard InChI is InChI=1S/C11H19N3O4/c1-17-8-9-18-7-3-2-5-13-10(15)11(16)14-6-4-12/h2-3,5-9H2,1H3,(H,13,15)(H,14,16). The Kier molecular flexibility index (Phi) is 10.7. The van der Waals surface area contributed by atoms with Gasteiger partial charge in [0.2, 0.25) is 0 Å². The summed E-state index contributed by atoms with van der Waals surface area (Å²) < 4.78 is 10.0. The van der Waals surface area contributed by atoms with E-state index in [4.69, 9.17) is 14.7 Å². The number of unbranched alkanes of at least 4 members (excludes halogenated alkanes) is 1. The molecule has 0 saturated carbocycles. The third-order valence-electron chi connectivity index (χ3n) is 1.97. The number of nitrogens with one attached hydrogen (secondary N) is 2. The van der Waals surface area contributed by atoms with Gasteiger partial charge in [0.25, 0.3) is 0 Å². The van der Waals surface area contributed by atoms with Gasteiger partial charge in [-0.25, -0.2) is 0 Å². The second kappa shape index (κ2) is 11.8. The van der Waals surface area contributed by atoms with E-state index in [0.29, 0.717) is 26.4 Å². The molecule has 18 heavy (non-hydrogen) atoms. The van der Waals surface area contributed by atoms with E-state index in [1.807, 2.05) is 0 Å². The van der Waals surface area contributed by atoms with Crippen LogP contribution in [0, 0.1) is 11.3 Å². The molecule has 7 nitrogen and oxygen atoms in total. The summed E-state index contributed by atoms with van der Waals surface area (Å²) in [7, 11) is 1.61. The first-order valence-corrected chi connectivity index (χ1v) is 5.72. The minimum Gasteiger partial charge on any atom is -0.382 e. The minimum absolute atomic E-state index is 0.167. The van der Waals surface area contributed by atoms with Gasteiger partial charge in [0.1, 0.15) is 6.54 Å². The van der Waals surface area contributed by atoms with Crippen molar-refractivity contribution < 1.29 is 19.1 Å². The Balaban J connectivity index is 3.35. The molecule has 0 heterocycles. The normalized spacial score (nSPS) is 9.56. The van der Waals surface area contributed by atoms with Gasteiger partial charge in [-0.3, -0.25) is 9.59 Å². The van der Waals surface area contributed by atoms with Crippen LogP contribution in [0.1, 0.15) is 12.8 Å². The van der Waals surface area contributed by atoms with Crippen molar-refractivity contribution in [2.75, 3.05) is 40.0 Å². The number of ether oxygens (including phenoxy) is 2. The maximum atomic E-state index is 11.1. The molecule has 0 aromatic heterocycles. The second-order valence-corrected chi connectivity index (χ2v) is 3.41. The van der Waals surface area contributed by atoms with Crippen LogP contribution in [0.5, 0.6) is 0 Å². The average molecular weight is 257 g/mol. The molecule has 0 aromatic carbocycles. The van der Waals surface area contributed by atoms with E-state index in [9.17, 15) is 9.59 Å². The number of hydrogen-bond acceptors (Lipinski definition) is 5. The van der Waals surface area contributed by atoms with Gasteiger partial charge in [-0.1, -0.05) is 0 Å². The zero-order valence-corrected chi connectivity index (χ0v) is 10.5. The summed E-state index contributed by atoms with van der Waals surface area (Å²) in [6.07, 6.45) is 1.52. The Morgan fingerprint density at radius 2 is 1.83 bits per heavy atom. The van der Waals surface area contributed by atoms with E-state index in [0.717, 1.165) is 12.8 Å². The molecule has 0 aliphatic heterocycles. The maximum Gasteiger partial charge on any atom is 0.310 e. The van der Waals surface area contributed by atoms with Crippen LogP contribution in [0.25, 0.3) is 0 Å². The number of amides is 2. The van der Waals surface area contributed by atoms with Crippen LogP contribution in [0.15, 0.2) is 0 Å². The van der Waals surface area contributed by atoms with Crippen molar-refractivity contribution in [2.45, 2.75) is 12.8 Å². The van der Waals surface area contributed by atoms with E-state index in [1.54, 1.807) is 13.2 Å². The lowest BCUT2D eigenvalue weighted by molar-refractivity contribution is -0.139. The highest BCUT2D eigenvalue weighted by Gasteiger charge is 2.10. The quantitative estimate of drug-likeness (QED) is 0.319. The number of carbonyl (C=O) groups excluding carboxylic acids is 2. The highest BCUT2D eigenvalue weighted by atomic mass is 16.5. The monoisotopic (exact) mass is 257 g/mol. The molecule has 0 bridgehead atoms. The van der Waals surface area contributed by atoms with Gasteiger partial charge < -0.3 is 20.1 Å². The van der Waals surface area contributed by atoms with E-state index in [1.165, 1.54) is 0 Å². The fourth-order valence-electron chi connectivity index (χ4n) is 1.06. The molecular weight excluding hydrogens is 238 g/mol. The lowest BCUT2D eigenvalue weighted by atomic mass is 10.3. The number of carbonyl (C=O) groups is 2. The average Bonchev–Trinajstić information content (AvgIpc) is 2.38. The number of nitrogens with zero attached hydrogens (tertiary/aromatic N) is 1. The molecule has 0 unspecified atom stereocenters. The summed E-state index contributed by atoms with van der Waals surface area (Å²) in [5.41, 5.74) is 0. The van der Waals surface area contributed by atoms with Crippen LogP contribution in [0.4, 0.5) is 0 Å². The summed E-state index contributed by atoms with van der Waals surface area (Å²) in [5, 5.41) is 12.8. The Hall–Kier alpha value is -1.65. The molecule has 0 aliphatic carbocycles. The topological polar surface area (TPSA) is 100 Å². The molecular formula is C11H19N3O4. The Bertz CT molecular complexity index is 289. The molecule has 0 atom stereocenters. The van der Waals surface area contributed by atoms with Crippen LogP contribution in [0.2, 0.25) is 0 Å². The minimum atomic E-state index is -0.784. The van der Waals surface area contributed by atoms with E-state index < -0.39 is 11.8 Å². The van der Waals surface area contributed by atoms with Crippen molar-refractivity contribution in [1.29, 1.82) is 5.26 Å². The summed E-state index contributed by atoms with van der Waals surface area (Å²) in [5.74, 6) is -1.50. The molecule has 0 aliphatic rings. The molecule has 0 rings (SSSR count). The zero-order valence-electron chi connectivity index (χ0n) is 10.5. The molecule has 0 saturated heterocycles. The van der Waals surface area contributed by atoms with Crippen molar-refractivity contribution in [3.8, 4) is 6.07 Å². The smallest absolute Gasteiger partial charge is 0.310 e. The predicted octanol–water partition coefficient (Wildman–Crippen LogP) is -0.814. The molecule has 0 aromatic rings.